The number of hydrogen-bond donors (Lipinski definition) is 2. The van der Waals surface area contributed by atoms with Crippen molar-refractivity contribution in [1.82, 2.24) is 9.78 Å². The number of benzene rings is 2. The van der Waals surface area contributed by atoms with Crippen molar-refractivity contribution in [3.05, 3.63) is 76.6 Å². The fourth-order valence-corrected chi connectivity index (χ4v) is 2.79. The van der Waals surface area contributed by atoms with E-state index in [1.165, 1.54) is 6.07 Å². The Bertz CT molecular complexity index is 1090. The molecule has 7 heteroatoms. The van der Waals surface area contributed by atoms with Crippen LogP contribution in [0, 0.1) is 6.92 Å². The van der Waals surface area contributed by atoms with E-state index in [2.05, 4.69) is 15.7 Å². The summed E-state index contributed by atoms with van der Waals surface area (Å²) >= 11 is 0. The summed E-state index contributed by atoms with van der Waals surface area (Å²) in [6.45, 7) is 3.35. The highest BCUT2D eigenvalue weighted by Gasteiger charge is 2.14. The number of amides is 2. The van der Waals surface area contributed by atoms with Gasteiger partial charge in [-0.05, 0) is 30.7 Å². The minimum atomic E-state index is -0.536. The summed E-state index contributed by atoms with van der Waals surface area (Å²) in [4.78, 5) is 37.1. The van der Waals surface area contributed by atoms with Crippen molar-refractivity contribution in [2.75, 3.05) is 10.6 Å². The topological polar surface area (TPSA) is 93.1 Å². The van der Waals surface area contributed by atoms with Crippen molar-refractivity contribution in [3.8, 4) is 11.3 Å². The Morgan fingerprint density at radius 1 is 0.966 bits per heavy atom. The maximum Gasteiger partial charge on any atom is 0.291 e. The van der Waals surface area contributed by atoms with E-state index >= 15 is 0 Å². The first-order chi connectivity index (χ1) is 14.0. The molecule has 2 N–H and O–H groups in total. The van der Waals surface area contributed by atoms with Gasteiger partial charge in [0.15, 0.2) is 0 Å². The number of carbonyl (C=O) groups is 2. The van der Waals surface area contributed by atoms with E-state index in [0.29, 0.717) is 11.4 Å². The third kappa shape index (κ3) is 5.16. The Morgan fingerprint density at radius 2 is 1.72 bits per heavy atom. The van der Waals surface area contributed by atoms with Gasteiger partial charge in [0, 0.05) is 17.7 Å². The van der Waals surface area contributed by atoms with Gasteiger partial charge in [0.1, 0.15) is 12.2 Å². The molecule has 3 rings (SSSR count). The molecule has 0 fully saturated rings. The third-order valence-electron chi connectivity index (χ3n) is 4.23. The molecule has 2 amide bonds. The fourth-order valence-electron chi connectivity index (χ4n) is 2.79. The molecule has 0 saturated carbocycles. The lowest BCUT2D eigenvalue weighted by atomic mass is 10.1. The van der Waals surface area contributed by atoms with Gasteiger partial charge in [-0.3, -0.25) is 14.4 Å². The molecule has 148 valence electrons. The number of nitrogens with zero attached hydrogens (tertiary/aromatic N) is 2. The molecule has 2 aromatic carbocycles. The van der Waals surface area contributed by atoms with Crippen LogP contribution in [0.4, 0.5) is 11.4 Å². The third-order valence-corrected chi connectivity index (χ3v) is 4.23. The maximum absolute atomic E-state index is 12.8. The number of aryl methyl sites for hydroxylation is 1. The van der Waals surface area contributed by atoms with E-state index in [4.69, 9.17) is 0 Å². The van der Waals surface area contributed by atoms with E-state index in [9.17, 15) is 14.4 Å². The van der Waals surface area contributed by atoms with Crippen molar-refractivity contribution >= 4 is 23.2 Å². The average Bonchev–Trinajstić information content (AvgIpc) is 2.71. The standard InChI is InChI=1S/C22H22N4O3/c1-3-20(27)24-19-13-18(16-9-5-4-6-10-16)25-26(22(19)29)14-21(28)23-17-11-7-8-15(2)12-17/h4-13H,3,14H2,1-2H3,(H,23,28)(H,24,27). The second-order valence-corrected chi connectivity index (χ2v) is 6.59. The summed E-state index contributed by atoms with van der Waals surface area (Å²) in [7, 11) is 0. The Kier molecular flexibility index (Phi) is 6.19. The molecule has 0 spiro atoms. The van der Waals surface area contributed by atoms with E-state index < -0.39 is 5.56 Å². The van der Waals surface area contributed by atoms with Crippen molar-refractivity contribution in [2.24, 2.45) is 0 Å². The van der Waals surface area contributed by atoms with Gasteiger partial charge in [-0.2, -0.15) is 5.10 Å². The first-order valence-corrected chi connectivity index (χ1v) is 9.30. The Morgan fingerprint density at radius 3 is 2.41 bits per heavy atom. The van der Waals surface area contributed by atoms with Gasteiger partial charge in [0.2, 0.25) is 11.8 Å². The number of carbonyl (C=O) groups excluding carboxylic acids is 2. The van der Waals surface area contributed by atoms with Crippen LogP contribution in [-0.4, -0.2) is 21.6 Å². The maximum atomic E-state index is 12.8. The number of nitrogens with one attached hydrogen (secondary N) is 2. The lowest BCUT2D eigenvalue weighted by Crippen LogP contribution is -2.32. The summed E-state index contributed by atoms with van der Waals surface area (Å²) in [5, 5.41) is 9.69. The van der Waals surface area contributed by atoms with E-state index in [1.54, 1.807) is 13.0 Å². The van der Waals surface area contributed by atoms with E-state index in [-0.39, 0.29) is 30.5 Å². The van der Waals surface area contributed by atoms with Crippen LogP contribution >= 0.6 is 0 Å². The zero-order valence-electron chi connectivity index (χ0n) is 16.3. The molecule has 3 aromatic rings. The summed E-state index contributed by atoms with van der Waals surface area (Å²) in [5.41, 5.74) is 2.46. The highest BCUT2D eigenvalue weighted by Crippen LogP contribution is 2.18. The zero-order chi connectivity index (χ0) is 20.8. The summed E-state index contributed by atoms with van der Waals surface area (Å²) in [6.07, 6.45) is 0.232. The Balaban J connectivity index is 1.93. The van der Waals surface area contributed by atoms with Crippen LogP contribution in [0.2, 0.25) is 0 Å². The van der Waals surface area contributed by atoms with Gasteiger partial charge >= 0.3 is 0 Å². The second kappa shape index (κ2) is 8.97. The quantitative estimate of drug-likeness (QED) is 0.676. The minimum Gasteiger partial charge on any atom is -0.324 e. The molecule has 0 aliphatic rings. The molecule has 0 unspecified atom stereocenters. The molecule has 0 aliphatic carbocycles. The normalized spacial score (nSPS) is 10.4. The smallest absolute Gasteiger partial charge is 0.291 e. The molecule has 0 aliphatic heterocycles. The largest absolute Gasteiger partial charge is 0.324 e. The molecular formula is C22H22N4O3. The van der Waals surface area contributed by atoms with Crippen LogP contribution in [0.3, 0.4) is 0 Å². The first-order valence-electron chi connectivity index (χ1n) is 9.30. The van der Waals surface area contributed by atoms with Gasteiger partial charge < -0.3 is 10.6 Å². The molecule has 1 heterocycles. The summed E-state index contributed by atoms with van der Waals surface area (Å²) in [6, 6.07) is 18.1. The van der Waals surface area contributed by atoms with Crippen molar-refractivity contribution in [3.63, 3.8) is 0 Å². The Labute approximate surface area is 168 Å². The number of anilines is 2. The number of rotatable bonds is 6. The first kappa shape index (κ1) is 20.0. The van der Waals surface area contributed by atoms with Crippen LogP contribution < -0.4 is 16.2 Å². The summed E-state index contributed by atoms with van der Waals surface area (Å²) in [5.74, 6) is -0.675. The molecule has 0 bridgehead atoms. The molecular weight excluding hydrogens is 368 g/mol. The molecule has 0 atom stereocenters. The van der Waals surface area contributed by atoms with Crippen LogP contribution in [-0.2, 0) is 16.1 Å². The van der Waals surface area contributed by atoms with Gasteiger partial charge in [-0.1, -0.05) is 49.4 Å². The number of hydrogen-bond acceptors (Lipinski definition) is 4. The van der Waals surface area contributed by atoms with Gasteiger partial charge in [-0.15, -0.1) is 0 Å². The lowest BCUT2D eigenvalue weighted by molar-refractivity contribution is -0.117. The fraction of sp³-hybridized carbons (Fsp3) is 0.182. The molecule has 1 aromatic heterocycles. The Hall–Kier alpha value is -3.74. The highest BCUT2D eigenvalue weighted by atomic mass is 16.2. The average molecular weight is 390 g/mol. The van der Waals surface area contributed by atoms with E-state index in [1.807, 2.05) is 55.5 Å². The molecule has 0 radical (unpaired) electrons. The van der Waals surface area contributed by atoms with Crippen LogP contribution in [0.5, 0.6) is 0 Å². The van der Waals surface area contributed by atoms with E-state index in [0.717, 1.165) is 15.8 Å². The lowest BCUT2D eigenvalue weighted by Gasteiger charge is -2.12. The van der Waals surface area contributed by atoms with Crippen molar-refractivity contribution < 1.29 is 9.59 Å². The van der Waals surface area contributed by atoms with Crippen molar-refractivity contribution in [1.29, 1.82) is 0 Å². The zero-order valence-corrected chi connectivity index (χ0v) is 16.3. The van der Waals surface area contributed by atoms with Crippen LogP contribution in [0.15, 0.2) is 65.5 Å². The summed E-state index contributed by atoms with van der Waals surface area (Å²) < 4.78 is 1.07. The predicted octanol–water partition coefficient (Wildman–Crippen LogP) is 3.21. The molecule has 7 nitrogen and oxygen atoms in total. The monoisotopic (exact) mass is 390 g/mol. The minimum absolute atomic E-state index is 0.0917. The highest BCUT2D eigenvalue weighted by molar-refractivity contribution is 5.92. The van der Waals surface area contributed by atoms with Gasteiger partial charge in [0.05, 0.1) is 5.69 Å². The van der Waals surface area contributed by atoms with Crippen LogP contribution in [0.1, 0.15) is 18.9 Å². The van der Waals surface area contributed by atoms with Gasteiger partial charge in [0.25, 0.3) is 5.56 Å². The SMILES string of the molecule is CCC(=O)Nc1cc(-c2ccccc2)nn(CC(=O)Nc2cccc(C)c2)c1=O. The van der Waals surface area contributed by atoms with Crippen molar-refractivity contribution in [2.45, 2.75) is 26.8 Å². The predicted molar refractivity (Wildman–Crippen MR) is 113 cm³/mol. The van der Waals surface area contributed by atoms with Gasteiger partial charge in [-0.25, -0.2) is 4.68 Å². The molecule has 0 saturated heterocycles. The van der Waals surface area contributed by atoms with Crippen LogP contribution in [0.25, 0.3) is 11.3 Å². The molecule has 29 heavy (non-hydrogen) atoms. The number of aromatic nitrogens is 2. The second-order valence-electron chi connectivity index (χ2n) is 6.59.